The Labute approximate surface area is 120 Å². The largest absolute Gasteiger partial charge is 0.308 e. The third-order valence-corrected chi connectivity index (χ3v) is 5.86. The lowest BCUT2D eigenvalue weighted by atomic mass is 9.85. The molecular formula is C17H34N2. The lowest BCUT2D eigenvalue weighted by Crippen LogP contribution is -2.66. The molecule has 0 radical (unpaired) electrons. The summed E-state index contributed by atoms with van der Waals surface area (Å²) in [6, 6.07) is 1.59. The number of hydrogen-bond acceptors (Lipinski definition) is 2. The van der Waals surface area contributed by atoms with Crippen LogP contribution in [-0.4, -0.2) is 35.6 Å². The monoisotopic (exact) mass is 266 g/mol. The average Bonchev–Trinajstić information content (AvgIpc) is 2.84. The van der Waals surface area contributed by atoms with Crippen LogP contribution in [0.4, 0.5) is 0 Å². The quantitative estimate of drug-likeness (QED) is 0.835. The fourth-order valence-electron chi connectivity index (χ4n) is 4.18. The van der Waals surface area contributed by atoms with Gasteiger partial charge in [-0.2, -0.15) is 0 Å². The fraction of sp³-hybridized carbons (Fsp3) is 1.00. The zero-order valence-corrected chi connectivity index (χ0v) is 13.7. The third kappa shape index (κ3) is 3.16. The topological polar surface area (TPSA) is 15.3 Å². The van der Waals surface area contributed by atoms with Crippen molar-refractivity contribution in [2.75, 3.05) is 13.1 Å². The number of hydrogen-bond donors (Lipinski definition) is 1. The van der Waals surface area contributed by atoms with Crippen molar-refractivity contribution >= 4 is 0 Å². The van der Waals surface area contributed by atoms with Crippen molar-refractivity contribution < 1.29 is 0 Å². The lowest BCUT2D eigenvalue weighted by Gasteiger charge is -2.51. The van der Waals surface area contributed by atoms with Crippen molar-refractivity contribution in [1.29, 1.82) is 0 Å². The molecule has 3 atom stereocenters. The SMILES string of the molecule is CCC1(CC)CN(C2CCC(C)C2)C(C(C)C)CN1. The Kier molecular flexibility index (Phi) is 4.94. The third-order valence-electron chi connectivity index (χ3n) is 5.86. The maximum atomic E-state index is 3.89. The molecule has 0 spiro atoms. The van der Waals surface area contributed by atoms with E-state index in [2.05, 4.69) is 44.8 Å². The molecule has 2 aliphatic rings. The van der Waals surface area contributed by atoms with Gasteiger partial charge in [-0.15, -0.1) is 0 Å². The van der Waals surface area contributed by atoms with E-state index in [1.165, 1.54) is 45.2 Å². The Balaban J connectivity index is 2.13. The van der Waals surface area contributed by atoms with E-state index in [1.807, 2.05) is 0 Å². The molecule has 1 aliphatic heterocycles. The first-order chi connectivity index (χ1) is 9.01. The van der Waals surface area contributed by atoms with Crippen molar-refractivity contribution in [3.05, 3.63) is 0 Å². The van der Waals surface area contributed by atoms with E-state index in [9.17, 15) is 0 Å². The van der Waals surface area contributed by atoms with Gasteiger partial charge in [0.2, 0.25) is 0 Å². The molecule has 112 valence electrons. The van der Waals surface area contributed by atoms with Crippen LogP contribution in [0.25, 0.3) is 0 Å². The Morgan fingerprint density at radius 3 is 2.37 bits per heavy atom. The number of nitrogens with one attached hydrogen (secondary N) is 1. The molecule has 2 rings (SSSR count). The van der Waals surface area contributed by atoms with Crippen molar-refractivity contribution in [3.63, 3.8) is 0 Å². The summed E-state index contributed by atoms with van der Waals surface area (Å²) in [5, 5.41) is 3.89. The van der Waals surface area contributed by atoms with E-state index >= 15 is 0 Å². The Morgan fingerprint density at radius 2 is 1.89 bits per heavy atom. The highest BCUT2D eigenvalue weighted by Crippen LogP contribution is 2.35. The van der Waals surface area contributed by atoms with Crippen LogP contribution in [-0.2, 0) is 0 Å². The molecule has 19 heavy (non-hydrogen) atoms. The normalized spacial score (nSPS) is 36.0. The maximum absolute atomic E-state index is 3.89. The first kappa shape index (κ1) is 15.3. The highest BCUT2D eigenvalue weighted by Gasteiger charge is 2.41. The standard InChI is InChI=1S/C17H34N2/c1-6-17(7-2)12-19(15-9-8-14(5)10-15)16(11-18-17)13(3)4/h13-16,18H,6-12H2,1-5H3. The van der Waals surface area contributed by atoms with Crippen molar-refractivity contribution in [3.8, 4) is 0 Å². The highest BCUT2D eigenvalue weighted by atomic mass is 15.3. The summed E-state index contributed by atoms with van der Waals surface area (Å²) in [5.41, 5.74) is 0.372. The molecule has 0 bridgehead atoms. The van der Waals surface area contributed by atoms with Gasteiger partial charge in [-0.25, -0.2) is 0 Å². The minimum atomic E-state index is 0.372. The molecule has 0 aromatic rings. The van der Waals surface area contributed by atoms with E-state index in [0.29, 0.717) is 5.54 Å². The van der Waals surface area contributed by atoms with Gasteiger partial charge in [0, 0.05) is 30.7 Å². The molecule has 0 aromatic carbocycles. The minimum Gasteiger partial charge on any atom is -0.308 e. The highest BCUT2D eigenvalue weighted by molar-refractivity contribution is 5.00. The summed E-state index contributed by atoms with van der Waals surface area (Å²) >= 11 is 0. The number of piperazine rings is 1. The van der Waals surface area contributed by atoms with Crippen molar-refractivity contribution in [2.45, 2.75) is 84.3 Å². The number of rotatable bonds is 4. The predicted octanol–water partition coefficient (Wildman–Crippen LogP) is 3.66. The predicted molar refractivity (Wildman–Crippen MR) is 83.5 cm³/mol. The molecule has 1 N–H and O–H groups in total. The van der Waals surface area contributed by atoms with Gasteiger partial charge in [0.1, 0.15) is 0 Å². The van der Waals surface area contributed by atoms with E-state index in [4.69, 9.17) is 0 Å². The molecule has 2 fully saturated rings. The zero-order chi connectivity index (χ0) is 14.0. The van der Waals surface area contributed by atoms with Crippen LogP contribution >= 0.6 is 0 Å². The second-order valence-electron chi connectivity index (χ2n) is 7.42. The second kappa shape index (κ2) is 6.13. The number of nitrogens with zero attached hydrogens (tertiary/aromatic N) is 1. The molecule has 2 heteroatoms. The smallest absolute Gasteiger partial charge is 0.0304 e. The molecule has 1 heterocycles. The molecule has 0 amide bonds. The first-order valence-corrected chi connectivity index (χ1v) is 8.52. The van der Waals surface area contributed by atoms with Gasteiger partial charge >= 0.3 is 0 Å². The maximum Gasteiger partial charge on any atom is 0.0304 e. The van der Waals surface area contributed by atoms with Gasteiger partial charge < -0.3 is 5.32 Å². The van der Waals surface area contributed by atoms with Crippen LogP contribution < -0.4 is 5.32 Å². The van der Waals surface area contributed by atoms with E-state index < -0.39 is 0 Å². The van der Waals surface area contributed by atoms with Gasteiger partial charge in [0.25, 0.3) is 0 Å². The first-order valence-electron chi connectivity index (χ1n) is 8.52. The molecule has 1 saturated heterocycles. The molecule has 2 nitrogen and oxygen atoms in total. The Hall–Kier alpha value is -0.0800. The minimum absolute atomic E-state index is 0.372. The summed E-state index contributed by atoms with van der Waals surface area (Å²) in [7, 11) is 0. The summed E-state index contributed by atoms with van der Waals surface area (Å²) in [6.45, 7) is 14.4. The van der Waals surface area contributed by atoms with E-state index in [1.54, 1.807) is 0 Å². The Morgan fingerprint density at radius 1 is 1.21 bits per heavy atom. The van der Waals surface area contributed by atoms with Gasteiger partial charge in [-0.1, -0.05) is 34.6 Å². The van der Waals surface area contributed by atoms with Gasteiger partial charge in [-0.3, -0.25) is 4.90 Å². The van der Waals surface area contributed by atoms with Crippen LogP contribution in [0.5, 0.6) is 0 Å². The Bertz CT molecular complexity index is 283. The van der Waals surface area contributed by atoms with Crippen LogP contribution in [0.15, 0.2) is 0 Å². The zero-order valence-electron chi connectivity index (χ0n) is 13.7. The molecule has 1 aliphatic carbocycles. The summed E-state index contributed by atoms with van der Waals surface area (Å²) < 4.78 is 0. The van der Waals surface area contributed by atoms with E-state index in [0.717, 1.165) is 23.9 Å². The van der Waals surface area contributed by atoms with Gasteiger partial charge in [0.15, 0.2) is 0 Å². The molecule has 1 saturated carbocycles. The summed E-state index contributed by atoms with van der Waals surface area (Å²) in [4.78, 5) is 2.89. The average molecular weight is 266 g/mol. The van der Waals surface area contributed by atoms with Crippen LogP contribution in [0.2, 0.25) is 0 Å². The second-order valence-corrected chi connectivity index (χ2v) is 7.42. The van der Waals surface area contributed by atoms with Crippen LogP contribution in [0, 0.1) is 11.8 Å². The molecule has 3 unspecified atom stereocenters. The van der Waals surface area contributed by atoms with Gasteiger partial charge in [-0.05, 0) is 43.9 Å². The molecular weight excluding hydrogens is 232 g/mol. The van der Waals surface area contributed by atoms with Crippen LogP contribution in [0.1, 0.15) is 66.7 Å². The summed E-state index contributed by atoms with van der Waals surface area (Å²) in [5.74, 6) is 1.69. The van der Waals surface area contributed by atoms with Gasteiger partial charge in [0.05, 0.1) is 0 Å². The molecule has 0 aromatic heterocycles. The van der Waals surface area contributed by atoms with Crippen molar-refractivity contribution in [1.82, 2.24) is 10.2 Å². The lowest BCUT2D eigenvalue weighted by molar-refractivity contribution is 0.0175. The van der Waals surface area contributed by atoms with Crippen LogP contribution in [0.3, 0.4) is 0 Å². The van der Waals surface area contributed by atoms with Crippen molar-refractivity contribution in [2.24, 2.45) is 11.8 Å². The van der Waals surface area contributed by atoms with E-state index in [-0.39, 0.29) is 0 Å². The summed E-state index contributed by atoms with van der Waals surface area (Å²) in [6.07, 6.45) is 6.80. The fourth-order valence-corrected chi connectivity index (χ4v) is 4.18.